The molecule has 3 aromatic rings. The van der Waals surface area contributed by atoms with Gasteiger partial charge in [0.2, 0.25) is 5.95 Å². The maximum atomic E-state index is 13.0. The number of likely N-dealkylation sites (N-methyl/N-ethyl adjacent to an activating group) is 1. The summed E-state index contributed by atoms with van der Waals surface area (Å²) in [7, 11) is 1.69. The lowest BCUT2D eigenvalue weighted by Gasteiger charge is -2.28. The van der Waals surface area contributed by atoms with Gasteiger partial charge >= 0.3 is 6.18 Å². The van der Waals surface area contributed by atoms with E-state index in [4.69, 9.17) is 0 Å². The van der Waals surface area contributed by atoms with Crippen molar-refractivity contribution < 1.29 is 18.0 Å². The fraction of sp³-hybridized carbons (Fsp3) is 0.300. The maximum Gasteiger partial charge on any atom is 0.419 e. The lowest BCUT2D eigenvalue weighted by molar-refractivity contribution is -0.138. The van der Waals surface area contributed by atoms with Gasteiger partial charge in [-0.2, -0.15) is 13.2 Å². The van der Waals surface area contributed by atoms with E-state index in [0.717, 1.165) is 17.8 Å². The number of fused-ring (bicyclic) bond motifs is 1. The number of para-hydroxylation sites is 1. The molecule has 1 aromatic carbocycles. The number of nitrogens with zero attached hydrogens (tertiary/aromatic N) is 4. The number of aromatic nitrogens is 3. The van der Waals surface area contributed by atoms with E-state index in [1.165, 1.54) is 0 Å². The molecule has 3 rings (SSSR count). The van der Waals surface area contributed by atoms with Gasteiger partial charge in [-0.3, -0.25) is 9.78 Å². The number of anilines is 1. The first kappa shape index (κ1) is 20.5. The van der Waals surface area contributed by atoms with Crippen molar-refractivity contribution in [3.63, 3.8) is 0 Å². The summed E-state index contributed by atoms with van der Waals surface area (Å²) in [6.07, 6.45) is -0.753. The van der Waals surface area contributed by atoms with Crippen molar-refractivity contribution in [1.82, 2.24) is 19.9 Å². The van der Waals surface area contributed by atoms with Crippen LogP contribution in [0, 0.1) is 0 Å². The molecule has 29 heavy (non-hydrogen) atoms. The van der Waals surface area contributed by atoms with E-state index in [1.807, 2.05) is 25.1 Å². The second-order valence-electron chi connectivity index (χ2n) is 6.53. The summed E-state index contributed by atoms with van der Waals surface area (Å²) in [5.41, 5.74) is 0.210. The van der Waals surface area contributed by atoms with Crippen LogP contribution in [0.1, 0.15) is 29.3 Å². The topological polar surface area (TPSA) is 71.0 Å². The Labute approximate surface area is 165 Å². The third kappa shape index (κ3) is 4.61. The molecule has 0 fully saturated rings. The monoisotopic (exact) mass is 403 g/mol. The number of rotatable bonds is 6. The second kappa shape index (κ2) is 8.42. The number of benzene rings is 1. The number of hydrogen-bond acceptors (Lipinski definition) is 5. The molecule has 1 atom stereocenters. The zero-order valence-electron chi connectivity index (χ0n) is 15.9. The average Bonchev–Trinajstić information content (AvgIpc) is 2.72. The van der Waals surface area contributed by atoms with Crippen molar-refractivity contribution in [1.29, 1.82) is 0 Å². The Morgan fingerprint density at radius 3 is 2.48 bits per heavy atom. The van der Waals surface area contributed by atoms with E-state index >= 15 is 0 Å². The lowest BCUT2D eigenvalue weighted by Crippen LogP contribution is -2.41. The second-order valence-corrected chi connectivity index (χ2v) is 6.53. The van der Waals surface area contributed by atoms with Gasteiger partial charge in [0.05, 0.1) is 16.6 Å². The highest BCUT2D eigenvalue weighted by Gasteiger charge is 2.31. The molecule has 2 aromatic heterocycles. The Balaban J connectivity index is 1.71. The van der Waals surface area contributed by atoms with Crippen LogP contribution in [0.4, 0.5) is 19.1 Å². The van der Waals surface area contributed by atoms with Crippen LogP contribution >= 0.6 is 0 Å². The molecule has 0 unspecified atom stereocenters. The van der Waals surface area contributed by atoms with Gasteiger partial charge in [-0.1, -0.05) is 25.1 Å². The molecule has 6 nitrogen and oxygen atoms in total. The molecule has 1 amide bonds. The van der Waals surface area contributed by atoms with Crippen LogP contribution < -0.4 is 5.32 Å². The molecule has 0 saturated carbocycles. The number of amides is 1. The predicted octanol–water partition coefficient (Wildman–Crippen LogP) is 4.01. The first-order chi connectivity index (χ1) is 13.8. The highest BCUT2D eigenvalue weighted by molar-refractivity contribution is 6.05. The molecule has 0 spiro atoms. The summed E-state index contributed by atoms with van der Waals surface area (Å²) in [5.74, 6) is -0.111. The molecule has 0 saturated heterocycles. The molecule has 152 valence electrons. The van der Waals surface area contributed by atoms with Gasteiger partial charge in [-0.05, 0) is 18.6 Å². The molecular weight excluding hydrogens is 383 g/mol. The summed E-state index contributed by atoms with van der Waals surface area (Å²) in [6.45, 7) is 2.22. The summed E-state index contributed by atoms with van der Waals surface area (Å²) in [4.78, 5) is 26.3. The van der Waals surface area contributed by atoms with Crippen molar-refractivity contribution in [3.8, 4) is 0 Å². The first-order valence-electron chi connectivity index (χ1n) is 9.05. The Morgan fingerprint density at radius 2 is 1.83 bits per heavy atom. The van der Waals surface area contributed by atoms with Crippen molar-refractivity contribution in [2.75, 3.05) is 18.9 Å². The normalized spacial score (nSPS) is 12.6. The van der Waals surface area contributed by atoms with Crippen LogP contribution in [-0.2, 0) is 6.18 Å². The van der Waals surface area contributed by atoms with Gasteiger partial charge in [0.15, 0.2) is 0 Å². The SMILES string of the molecule is CC[C@@H](CNc1ncc(C(F)(F)F)cn1)N(C)C(=O)c1cccc2cccnc12. The van der Waals surface area contributed by atoms with E-state index in [-0.39, 0.29) is 17.9 Å². The van der Waals surface area contributed by atoms with Crippen LogP contribution in [0.3, 0.4) is 0 Å². The zero-order valence-corrected chi connectivity index (χ0v) is 15.9. The van der Waals surface area contributed by atoms with Gasteiger partial charge in [-0.15, -0.1) is 0 Å². The van der Waals surface area contributed by atoms with Gasteiger partial charge in [0, 0.05) is 43.6 Å². The van der Waals surface area contributed by atoms with Crippen molar-refractivity contribution in [2.45, 2.75) is 25.6 Å². The molecule has 0 aliphatic heterocycles. The fourth-order valence-corrected chi connectivity index (χ4v) is 2.96. The van der Waals surface area contributed by atoms with Crippen LogP contribution in [0.15, 0.2) is 48.9 Å². The molecule has 0 aliphatic rings. The maximum absolute atomic E-state index is 13.0. The van der Waals surface area contributed by atoms with Gasteiger partial charge < -0.3 is 10.2 Å². The molecule has 9 heteroatoms. The summed E-state index contributed by atoms with van der Waals surface area (Å²) in [5, 5.41) is 3.77. The Bertz CT molecular complexity index is 986. The fourth-order valence-electron chi connectivity index (χ4n) is 2.96. The van der Waals surface area contributed by atoms with E-state index in [0.29, 0.717) is 24.0 Å². The molecule has 0 bridgehead atoms. The van der Waals surface area contributed by atoms with Crippen LogP contribution in [0.2, 0.25) is 0 Å². The van der Waals surface area contributed by atoms with E-state index in [9.17, 15) is 18.0 Å². The van der Waals surface area contributed by atoms with Crippen molar-refractivity contribution >= 4 is 22.8 Å². The Morgan fingerprint density at radius 1 is 1.14 bits per heavy atom. The summed E-state index contributed by atoms with van der Waals surface area (Å²) < 4.78 is 37.8. The minimum Gasteiger partial charge on any atom is -0.352 e. The Kier molecular flexibility index (Phi) is 5.95. The number of halogens is 3. The highest BCUT2D eigenvalue weighted by atomic mass is 19.4. The molecule has 0 radical (unpaired) electrons. The third-order valence-corrected chi connectivity index (χ3v) is 4.68. The Hall–Kier alpha value is -3.23. The highest BCUT2D eigenvalue weighted by Crippen LogP contribution is 2.28. The standard InChI is InChI=1S/C20H20F3N5O/c1-3-15(12-27-19-25-10-14(11-26-19)20(21,22)23)28(2)18(29)16-8-4-6-13-7-5-9-24-17(13)16/h4-11,15H,3,12H2,1-2H3,(H,25,26,27)/t15-/m0/s1. The molecular formula is C20H20F3N5O. The number of pyridine rings is 1. The van der Waals surface area contributed by atoms with Gasteiger partial charge in [0.1, 0.15) is 0 Å². The minimum atomic E-state index is -4.48. The average molecular weight is 403 g/mol. The van der Waals surface area contributed by atoms with Gasteiger partial charge in [-0.25, -0.2) is 9.97 Å². The molecule has 1 N–H and O–H groups in total. The van der Waals surface area contributed by atoms with Gasteiger partial charge in [0.25, 0.3) is 5.91 Å². The molecule has 2 heterocycles. The lowest BCUT2D eigenvalue weighted by atomic mass is 10.1. The number of nitrogens with one attached hydrogen (secondary N) is 1. The van der Waals surface area contributed by atoms with Crippen molar-refractivity contribution in [3.05, 3.63) is 60.0 Å². The zero-order chi connectivity index (χ0) is 21.0. The predicted molar refractivity (Wildman–Crippen MR) is 103 cm³/mol. The number of carbonyl (C=O) groups excluding carboxylic acids is 1. The van der Waals surface area contributed by atoms with Crippen LogP contribution in [0.25, 0.3) is 10.9 Å². The van der Waals surface area contributed by atoms with E-state index in [2.05, 4.69) is 20.3 Å². The van der Waals surface area contributed by atoms with E-state index < -0.39 is 11.7 Å². The van der Waals surface area contributed by atoms with Crippen LogP contribution in [-0.4, -0.2) is 45.4 Å². The van der Waals surface area contributed by atoms with Crippen molar-refractivity contribution in [2.24, 2.45) is 0 Å². The summed E-state index contributed by atoms with van der Waals surface area (Å²) in [6, 6.07) is 8.91. The van der Waals surface area contributed by atoms with Crippen LogP contribution in [0.5, 0.6) is 0 Å². The van der Waals surface area contributed by atoms with E-state index in [1.54, 1.807) is 30.3 Å². The number of hydrogen-bond donors (Lipinski definition) is 1. The number of alkyl halides is 3. The molecule has 0 aliphatic carbocycles. The quantitative estimate of drug-likeness (QED) is 0.674. The largest absolute Gasteiger partial charge is 0.419 e. The number of carbonyl (C=O) groups is 1. The first-order valence-corrected chi connectivity index (χ1v) is 9.05. The minimum absolute atomic E-state index is 0.0733. The third-order valence-electron chi connectivity index (χ3n) is 4.68. The summed E-state index contributed by atoms with van der Waals surface area (Å²) >= 11 is 0. The smallest absolute Gasteiger partial charge is 0.352 e.